The largest absolute Gasteiger partial charge is 0.465 e. The van der Waals surface area contributed by atoms with Gasteiger partial charge in [0.25, 0.3) is 5.91 Å². The van der Waals surface area contributed by atoms with E-state index in [1.54, 1.807) is 48.5 Å². The third-order valence-corrected chi connectivity index (χ3v) is 5.24. The zero-order chi connectivity index (χ0) is 21.8. The van der Waals surface area contributed by atoms with Crippen molar-refractivity contribution < 1.29 is 24.2 Å². The highest BCUT2D eigenvalue weighted by molar-refractivity contribution is 6.12. The highest BCUT2D eigenvalue weighted by Gasteiger charge is 2.50. The number of benzene rings is 3. The van der Waals surface area contributed by atoms with Gasteiger partial charge in [0.15, 0.2) is 5.72 Å². The molecule has 0 spiro atoms. The number of nitrogens with one attached hydrogen (secondary N) is 2. The Bertz CT molecular complexity index is 1370. The lowest BCUT2D eigenvalue weighted by molar-refractivity contribution is 0.0704. The van der Waals surface area contributed by atoms with E-state index in [2.05, 4.69) is 15.3 Å². The molecule has 31 heavy (non-hydrogen) atoms. The van der Waals surface area contributed by atoms with Gasteiger partial charge in [-0.2, -0.15) is 0 Å². The monoisotopic (exact) mass is 418 g/mol. The number of carbonyl (C=O) groups is 2. The van der Waals surface area contributed by atoms with Crippen molar-refractivity contribution in [1.29, 1.82) is 0 Å². The Morgan fingerprint density at radius 2 is 1.90 bits per heavy atom. The molecule has 4 N–H and O–H groups in total. The summed E-state index contributed by atoms with van der Waals surface area (Å²) in [6.07, 6.45) is -1.27. The second-order valence-electron chi connectivity index (χ2n) is 7.09. The molecule has 154 valence electrons. The zero-order valence-electron chi connectivity index (χ0n) is 15.8. The van der Waals surface area contributed by atoms with Crippen LogP contribution in [0.2, 0.25) is 0 Å². The molecule has 2 amide bonds. The van der Waals surface area contributed by atoms with Crippen molar-refractivity contribution in [1.82, 2.24) is 9.97 Å². The van der Waals surface area contributed by atoms with Gasteiger partial charge in [-0.15, -0.1) is 0 Å². The number of imidazole rings is 1. The summed E-state index contributed by atoms with van der Waals surface area (Å²) in [5, 5.41) is 23.0. The lowest BCUT2D eigenvalue weighted by atomic mass is 9.93. The van der Waals surface area contributed by atoms with Crippen LogP contribution in [0.1, 0.15) is 21.5 Å². The molecule has 1 unspecified atom stereocenters. The van der Waals surface area contributed by atoms with Gasteiger partial charge in [0, 0.05) is 16.7 Å². The van der Waals surface area contributed by atoms with Crippen molar-refractivity contribution in [2.75, 3.05) is 10.2 Å². The molecule has 0 bridgehead atoms. The second-order valence-corrected chi connectivity index (χ2v) is 7.09. The van der Waals surface area contributed by atoms with E-state index in [0.29, 0.717) is 27.7 Å². The van der Waals surface area contributed by atoms with Crippen LogP contribution in [-0.2, 0) is 5.72 Å². The molecular weight excluding hydrogens is 403 g/mol. The molecule has 0 aliphatic carbocycles. The molecule has 5 rings (SSSR count). The fraction of sp³-hybridized carbons (Fsp3) is 0.0455. The Labute approximate surface area is 174 Å². The lowest BCUT2D eigenvalue weighted by Gasteiger charge is -2.34. The number of carbonyl (C=O) groups excluding carboxylic acids is 1. The first-order valence-electron chi connectivity index (χ1n) is 9.30. The molecule has 8 nitrogen and oxygen atoms in total. The van der Waals surface area contributed by atoms with Crippen molar-refractivity contribution in [2.45, 2.75) is 5.72 Å². The first-order valence-corrected chi connectivity index (χ1v) is 9.30. The van der Waals surface area contributed by atoms with E-state index in [-0.39, 0.29) is 11.6 Å². The number of H-pyrrole nitrogens is 1. The molecule has 1 aliphatic heterocycles. The zero-order valence-corrected chi connectivity index (χ0v) is 15.8. The van der Waals surface area contributed by atoms with Crippen LogP contribution in [0.15, 0.2) is 66.7 Å². The standard InChI is InChI=1S/C22H15FN4O4/c23-13-4-3-5-14(11-13)27-19(28)15-6-1-2-7-16(15)22(27,31)12-8-9-17-18(10-12)25-20(24-17)26-21(29)30/h1-11,31H,(H,29,30)(H2,24,25,26). The average molecular weight is 418 g/mol. The molecule has 0 saturated carbocycles. The predicted octanol–water partition coefficient (Wildman–Crippen LogP) is 3.65. The fourth-order valence-corrected chi connectivity index (χ4v) is 3.95. The minimum atomic E-state index is -1.92. The van der Waals surface area contributed by atoms with Crippen LogP contribution < -0.4 is 10.2 Å². The minimum Gasteiger partial charge on any atom is -0.465 e. The molecule has 4 aromatic rings. The van der Waals surface area contributed by atoms with Crippen LogP contribution in [0, 0.1) is 5.82 Å². The van der Waals surface area contributed by atoms with Gasteiger partial charge >= 0.3 is 6.09 Å². The van der Waals surface area contributed by atoms with E-state index < -0.39 is 23.5 Å². The highest BCUT2D eigenvalue weighted by Crippen LogP contribution is 2.45. The van der Waals surface area contributed by atoms with Crippen molar-refractivity contribution in [3.05, 3.63) is 89.2 Å². The van der Waals surface area contributed by atoms with E-state index in [1.165, 1.54) is 18.2 Å². The predicted molar refractivity (Wildman–Crippen MR) is 110 cm³/mol. The second kappa shape index (κ2) is 6.64. The van der Waals surface area contributed by atoms with E-state index in [4.69, 9.17) is 5.11 Å². The third kappa shape index (κ3) is 2.82. The van der Waals surface area contributed by atoms with Gasteiger partial charge in [-0.25, -0.2) is 14.2 Å². The Balaban J connectivity index is 1.72. The molecule has 0 saturated heterocycles. The number of halogens is 1. The van der Waals surface area contributed by atoms with Crippen LogP contribution in [-0.4, -0.2) is 32.2 Å². The SMILES string of the molecule is O=C(O)Nc1nc2ccc(C3(O)c4ccccc4C(=O)N3c3cccc(F)c3)cc2[nH]1. The summed E-state index contributed by atoms with van der Waals surface area (Å²) < 4.78 is 14.0. The number of nitrogens with zero attached hydrogens (tertiary/aromatic N) is 2. The van der Waals surface area contributed by atoms with Gasteiger partial charge < -0.3 is 15.2 Å². The number of aliphatic hydroxyl groups is 1. The fourth-order valence-electron chi connectivity index (χ4n) is 3.95. The van der Waals surface area contributed by atoms with Gasteiger partial charge in [-0.3, -0.25) is 15.0 Å². The molecule has 9 heteroatoms. The quantitative estimate of drug-likeness (QED) is 0.405. The van der Waals surface area contributed by atoms with Crippen molar-refractivity contribution in [3.8, 4) is 0 Å². The molecule has 1 aliphatic rings. The molecular formula is C22H15FN4O4. The Morgan fingerprint density at radius 1 is 1.10 bits per heavy atom. The minimum absolute atomic E-state index is 0.0246. The number of aromatic nitrogens is 2. The first kappa shape index (κ1) is 18.8. The van der Waals surface area contributed by atoms with Crippen molar-refractivity contribution in [2.24, 2.45) is 0 Å². The maximum Gasteiger partial charge on any atom is 0.411 e. The van der Waals surface area contributed by atoms with Crippen LogP contribution >= 0.6 is 0 Å². The third-order valence-electron chi connectivity index (χ3n) is 5.24. The maximum absolute atomic E-state index is 14.0. The molecule has 1 atom stereocenters. The summed E-state index contributed by atoms with van der Waals surface area (Å²) in [5.74, 6) is -0.991. The van der Waals surface area contributed by atoms with Gasteiger partial charge in [0.2, 0.25) is 5.95 Å². The van der Waals surface area contributed by atoms with Crippen LogP contribution in [0.5, 0.6) is 0 Å². The highest BCUT2D eigenvalue weighted by atomic mass is 19.1. The van der Waals surface area contributed by atoms with Crippen LogP contribution in [0.25, 0.3) is 11.0 Å². The smallest absolute Gasteiger partial charge is 0.411 e. The number of amides is 2. The lowest BCUT2D eigenvalue weighted by Crippen LogP contribution is -2.45. The summed E-state index contributed by atoms with van der Waals surface area (Å²) >= 11 is 0. The summed E-state index contributed by atoms with van der Waals surface area (Å²) in [7, 11) is 0. The number of hydrogen-bond donors (Lipinski definition) is 4. The van der Waals surface area contributed by atoms with Crippen molar-refractivity contribution >= 4 is 34.7 Å². The topological polar surface area (TPSA) is 119 Å². The number of fused-ring (bicyclic) bond motifs is 2. The van der Waals surface area contributed by atoms with Gasteiger partial charge in [0.1, 0.15) is 5.82 Å². The normalized spacial score (nSPS) is 17.7. The summed E-state index contributed by atoms with van der Waals surface area (Å²) in [6.45, 7) is 0. The van der Waals surface area contributed by atoms with Crippen LogP contribution in [0.3, 0.4) is 0 Å². The van der Waals surface area contributed by atoms with Gasteiger partial charge in [-0.05, 0) is 36.4 Å². The molecule has 1 aromatic heterocycles. The number of carboxylic acid groups (broad SMARTS) is 1. The number of aromatic amines is 1. The van der Waals surface area contributed by atoms with E-state index in [0.717, 1.165) is 4.90 Å². The van der Waals surface area contributed by atoms with Crippen molar-refractivity contribution in [3.63, 3.8) is 0 Å². The van der Waals surface area contributed by atoms with Gasteiger partial charge in [-0.1, -0.05) is 30.3 Å². The molecule has 0 radical (unpaired) electrons. The summed E-state index contributed by atoms with van der Waals surface area (Å²) in [4.78, 5) is 32.2. The van der Waals surface area contributed by atoms with E-state index >= 15 is 0 Å². The molecule has 2 heterocycles. The molecule has 3 aromatic carbocycles. The van der Waals surface area contributed by atoms with E-state index in [9.17, 15) is 19.1 Å². The molecule has 0 fully saturated rings. The maximum atomic E-state index is 14.0. The first-order chi connectivity index (χ1) is 14.9. The summed E-state index contributed by atoms with van der Waals surface area (Å²) in [5.41, 5.74) is 0.173. The number of rotatable bonds is 3. The Kier molecular flexibility index (Phi) is 4.02. The number of anilines is 2. The number of hydrogen-bond acceptors (Lipinski definition) is 4. The van der Waals surface area contributed by atoms with E-state index in [1.807, 2.05) is 0 Å². The Morgan fingerprint density at radius 3 is 2.68 bits per heavy atom. The summed E-state index contributed by atoms with van der Waals surface area (Å²) in [6, 6.07) is 16.8. The van der Waals surface area contributed by atoms with Gasteiger partial charge in [0.05, 0.1) is 16.7 Å². The van der Waals surface area contributed by atoms with Crippen LogP contribution in [0.4, 0.5) is 20.8 Å². The average Bonchev–Trinajstić information content (AvgIpc) is 3.24. The Hall–Kier alpha value is -4.24.